The topological polar surface area (TPSA) is 78.9 Å². The molecular weight excluding hydrogens is 769 g/mol. The number of ether oxygens (including phenoxy) is 3. The zero-order valence-electron chi connectivity index (χ0n) is 40.4. The Morgan fingerprint density at radius 2 is 0.645 bits per heavy atom. The maximum Gasteiger partial charge on any atom is 0.306 e. The molecule has 0 aliphatic rings. The highest BCUT2D eigenvalue weighted by Gasteiger charge is 2.19. The molecule has 0 fully saturated rings. The van der Waals surface area contributed by atoms with E-state index in [1.54, 1.807) is 0 Å². The van der Waals surface area contributed by atoms with Crippen molar-refractivity contribution < 1.29 is 28.6 Å². The third-order valence-corrected chi connectivity index (χ3v) is 10.6. The minimum atomic E-state index is -0.803. The van der Waals surface area contributed by atoms with E-state index in [4.69, 9.17) is 14.2 Å². The number of hydrogen-bond donors (Lipinski definition) is 0. The smallest absolute Gasteiger partial charge is 0.306 e. The summed E-state index contributed by atoms with van der Waals surface area (Å²) in [5.41, 5.74) is 0. The molecule has 0 amide bonds. The van der Waals surface area contributed by atoms with Crippen LogP contribution in [0.1, 0.15) is 233 Å². The molecule has 354 valence electrons. The molecule has 6 nitrogen and oxygen atoms in total. The summed E-state index contributed by atoms with van der Waals surface area (Å²) in [5.74, 6) is -0.976. The molecule has 6 heteroatoms. The van der Waals surface area contributed by atoms with Gasteiger partial charge in [0.25, 0.3) is 0 Å². The van der Waals surface area contributed by atoms with Crippen molar-refractivity contribution >= 4 is 17.9 Å². The average molecular weight is 863 g/mol. The van der Waals surface area contributed by atoms with Crippen molar-refractivity contribution in [2.45, 2.75) is 239 Å². The van der Waals surface area contributed by atoms with E-state index in [9.17, 15) is 14.4 Å². The van der Waals surface area contributed by atoms with Gasteiger partial charge in [-0.05, 0) is 89.9 Å². The summed E-state index contributed by atoms with van der Waals surface area (Å²) in [6, 6.07) is 0. The van der Waals surface area contributed by atoms with Gasteiger partial charge in [-0.15, -0.1) is 0 Å². The van der Waals surface area contributed by atoms with Crippen LogP contribution >= 0.6 is 0 Å². The minimum Gasteiger partial charge on any atom is -0.462 e. The van der Waals surface area contributed by atoms with Gasteiger partial charge in [0.2, 0.25) is 0 Å². The standard InChI is InChI=1S/C56H94O6/c1-4-7-10-13-16-19-22-25-27-28-30-32-35-37-40-43-46-49-55(58)61-52-53(62-56(59)50-47-44-41-38-33-24-21-18-15-12-9-6-3)51-60-54(57)48-45-42-39-36-34-31-29-26-23-20-17-14-11-8-5-2/h8,11,16-17,19-20,25-27,29-30,32,37,40,53H,4-7,9-10,12-15,18,21-24,28,31,33-36,38-39,41-52H2,1-3H3/b11-8-,19-16-,20-17-,27-25-,29-26-,32-30-,40-37-/t53-/m1/s1. The van der Waals surface area contributed by atoms with Crippen LogP contribution in [0.2, 0.25) is 0 Å². The summed E-state index contributed by atoms with van der Waals surface area (Å²) in [5, 5.41) is 0. The van der Waals surface area contributed by atoms with Gasteiger partial charge in [0.15, 0.2) is 6.10 Å². The van der Waals surface area contributed by atoms with Crippen molar-refractivity contribution in [3.63, 3.8) is 0 Å². The van der Waals surface area contributed by atoms with Gasteiger partial charge in [-0.1, -0.05) is 209 Å². The quantitative estimate of drug-likeness (QED) is 0.0263. The number of rotatable bonds is 45. The predicted octanol–water partition coefficient (Wildman–Crippen LogP) is 16.8. The van der Waals surface area contributed by atoms with Crippen LogP contribution in [0.25, 0.3) is 0 Å². The Morgan fingerprint density at radius 1 is 0.339 bits per heavy atom. The maximum atomic E-state index is 12.8. The van der Waals surface area contributed by atoms with Crippen LogP contribution in [0.3, 0.4) is 0 Å². The molecule has 0 heterocycles. The van der Waals surface area contributed by atoms with Crippen LogP contribution in [0, 0.1) is 0 Å². The molecule has 1 atom stereocenters. The van der Waals surface area contributed by atoms with E-state index in [0.29, 0.717) is 19.3 Å². The first-order valence-electron chi connectivity index (χ1n) is 25.6. The highest BCUT2D eigenvalue weighted by Crippen LogP contribution is 2.14. The molecule has 0 bridgehead atoms. The van der Waals surface area contributed by atoms with E-state index in [1.165, 1.54) is 83.5 Å². The molecule has 0 aromatic rings. The normalized spacial score (nSPS) is 12.8. The monoisotopic (exact) mass is 863 g/mol. The third-order valence-electron chi connectivity index (χ3n) is 10.6. The summed E-state index contributed by atoms with van der Waals surface area (Å²) in [4.78, 5) is 37.9. The van der Waals surface area contributed by atoms with E-state index in [-0.39, 0.29) is 37.5 Å². The molecule has 62 heavy (non-hydrogen) atoms. The van der Waals surface area contributed by atoms with E-state index in [0.717, 1.165) is 103 Å². The largest absolute Gasteiger partial charge is 0.462 e. The summed E-state index contributed by atoms with van der Waals surface area (Å²) in [6.45, 7) is 6.43. The zero-order valence-corrected chi connectivity index (χ0v) is 40.4. The molecule has 0 radical (unpaired) electrons. The number of carbonyl (C=O) groups is 3. The lowest BCUT2D eigenvalue weighted by atomic mass is 10.0. The predicted molar refractivity (Wildman–Crippen MR) is 265 cm³/mol. The first-order chi connectivity index (χ1) is 30.5. The molecule has 0 saturated heterocycles. The Labute approximate surface area is 382 Å². The zero-order chi connectivity index (χ0) is 45.1. The number of hydrogen-bond acceptors (Lipinski definition) is 6. The summed E-state index contributed by atoms with van der Waals surface area (Å²) in [7, 11) is 0. The van der Waals surface area contributed by atoms with Gasteiger partial charge in [0.05, 0.1) is 0 Å². The Kier molecular flexibility index (Phi) is 47.5. The van der Waals surface area contributed by atoms with Crippen molar-refractivity contribution in [1.29, 1.82) is 0 Å². The average Bonchev–Trinajstić information content (AvgIpc) is 3.27. The van der Waals surface area contributed by atoms with Gasteiger partial charge in [-0.2, -0.15) is 0 Å². The maximum absolute atomic E-state index is 12.8. The lowest BCUT2D eigenvalue weighted by Crippen LogP contribution is -2.30. The molecule has 0 saturated carbocycles. The van der Waals surface area contributed by atoms with Crippen molar-refractivity contribution in [1.82, 2.24) is 0 Å². The highest BCUT2D eigenvalue weighted by molar-refractivity contribution is 5.71. The van der Waals surface area contributed by atoms with Gasteiger partial charge in [0, 0.05) is 19.3 Å². The van der Waals surface area contributed by atoms with E-state index >= 15 is 0 Å². The van der Waals surface area contributed by atoms with Crippen molar-refractivity contribution in [2.24, 2.45) is 0 Å². The first-order valence-corrected chi connectivity index (χ1v) is 25.6. The fraction of sp³-hybridized carbons (Fsp3) is 0.696. The van der Waals surface area contributed by atoms with Gasteiger partial charge < -0.3 is 14.2 Å². The summed E-state index contributed by atoms with van der Waals surface area (Å²) >= 11 is 0. The Bertz CT molecular complexity index is 1220. The third kappa shape index (κ3) is 47.6. The molecule has 0 aromatic carbocycles. The molecule has 0 rings (SSSR count). The lowest BCUT2D eigenvalue weighted by molar-refractivity contribution is -0.167. The first kappa shape index (κ1) is 58.6. The minimum absolute atomic E-state index is 0.102. The highest BCUT2D eigenvalue weighted by atomic mass is 16.6. The van der Waals surface area contributed by atoms with E-state index in [2.05, 4.69) is 106 Å². The van der Waals surface area contributed by atoms with Crippen LogP contribution in [0.15, 0.2) is 85.1 Å². The van der Waals surface area contributed by atoms with Gasteiger partial charge >= 0.3 is 17.9 Å². The fourth-order valence-corrected chi connectivity index (χ4v) is 6.80. The lowest BCUT2D eigenvalue weighted by Gasteiger charge is -2.18. The Hall–Kier alpha value is -3.41. The van der Waals surface area contributed by atoms with Crippen LogP contribution < -0.4 is 0 Å². The molecular formula is C56H94O6. The van der Waals surface area contributed by atoms with Crippen LogP contribution in [-0.4, -0.2) is 37.2 Å². The number of carbonyl (C=O) groups excluding carboxylic acids is 3. The van der Waals surface area contributed by atoms with Gasteiger partial charge in [-0.25, -0.2) is 0 Å². The van der Waals surface area contributed by atoms with Crippen molar-refractivity contribution in [2.75, 3.05) is 13.2 Å². The van der Waals surface area contributed by atoms with Crippen LogP contribution in [0.5, 0.6) is 0 Å². The Morgan fingerprint density at radius 3 is 1.08 bits per heavy atom. The second-order valence-corrected chi connectivity index (χ2v) is 16.7. The van der Waals surface area contributed by atoms with E-state index in [1.807, 2.05) is 0 Å². The van der Waals surface area contributed by atoms with Crippen molar-refractivity contribution in [3.05, 3.63) is 85.1 Å². The molecule has 0 aromatic heterocycles. The molecule has 0 unspecified atom stereocenters. The SMILES string of the molecule is CC/C=C\C/C=C\C/C=C\CCCCCCCC(=O)OC[C@H](COC(=O)CCC/C=C\C/C=C\C/C=C\C/C=C\CCCCC)OC(=O)CCCCCCCCCCCCCC. The fourth-order valence-electron chi connectivity index (χ4n) is 6.80. The summed E-state index contributed by atoms with van der Waals surface area (Å²) < 4.78 is 16.7. The second kappa shape index (κ2) is 50.2. The molecule has 0 aliphatic carbocycles. The number of esters is 3. The van der Waals surface area contributed by atoms with Crippen molar-refractivity contribution in [3.8, 4) is 0 Å². The molecule has 0 spiro atoms. The Balaban J connectivity index is 4.48. The van der Waals surface area contributed by atoms with E-state index < -0.39 is 6.10 Å². The van der Waals surface area contributed by atoms with Gasteiger partial charge in [0.1, 0.15) is 13.2 Å². The van der Waals surface area contributed by atoms with Gasteiger partial charge in [-0.3, -0.25) is 14.4 Å². The molecule has 0 N–H and O–H groups in total. The molecule has 0 aliphatic heterocycles. The summed E-state index contributed by atoms with van der Waals surface area (Å²) in [6.07, 6.45) is 64.2. The number of unbranched alkanes of at least 4 members (excludes halogenated alkanes) is 20. The second-order valence-electron chi connectivity index (χ2n) is 16.7. The van der Waals surface area contributed by atoms with Crippen LogP contribution in [-0.2, 0) is 28.6 Å². The number of allylic oxidation sites excluding steroid dienone is 14. The van der Waals surface area contributed by atoms with Crippen LogP contribution in [0.4, 0.5) is 0 Å².